The zero-order valence-electron chi connectivity index (χ0n) is 16.4. The number of rotatable bonds is 7. The Morgan fingerprint density at radius 3 is 2.69 bits per heavy atom. The lowest BCUT2D eigenvalue weighted by molar-refractivity contribution is -0.123. The van der Waals surface area contributed by atoms with Gasteiger partial charge in [-0.25, -0.2) is 4.79 Å². The number of benzene rings is 2. The predicted molar refractivity (Wildman–Crippen MR) is 111 cm³/mol. The number of hydrogen-bond acceptors (Lipinski definition) is 5. The summed E-state index contributed by atoms with van der Waals surface area (Å²) in [5, 5.41) is 3.28. The summed E-state index contributed by atoms with van der Waals surface area (Å²) in [4.78, 5) is 24.7. The number of carbonyl (C=O) groups excluding carboxylic acids is 2. The fourth-order valence-corrected chi connectivity index (χ4v) is 3.09. The molecule has 0 bridgehead atoms. The maximum atomic E-state index is 12.3. The minimum absolute atomic E-state index is 0.127. The molecule has 7 heteroatoms. The molecule has 1 saturated heterocycles. The molecular formula is C22H24ClNO5. The third kappa shape index (κ3) is 5.71. The lowest BCUT2D eigenvalue weighted by Crippen LogP contribution is -2.30. The van der Waals surface area contributed by atoms with Crippen LogP contribution in [0.5, 0.6) is 5.75 Å². The highest BCUT2D eigenvalue weighted by Gasteiger charge is 2.20. The molecule has 29 heavy (non-hydrogen) atoms. The Bertz CT molecular complexity index is 862. The first-order chi connectivity index (χ1) is 13.9. The second kappa shape index (κ2) is 9.76. The van der Waals surface area contributed by atoms with Gasteiger partial charge in [-0.1, -0.05) is 17.7 Å². The van der Waals surface area contributed by atoms with Gasteiger partial charge in [-0.2, -0.15) is 0 Å². The van der Waals surface area contributed by atoms with E-state index in [-0.39, 0.29) is 6.10 Å². The average molecular weight is 418 g/mol. The van der Waals surface area contributed by atoms with Crippen molar-refractivity contribution in [3.63, 3.8) is 0 Å². The van der Waals surface area contributed by atoms with Crippen LogP contribution in [0.1, 0.15) is 35.7 Å². The molecule has 1 aliphatic heterocycles. The van der Waals surface area contributed by atoms with Crippen molar-refractivity contribution in [2.24, 2.45) is 0 Å². The van der Waals surface area contributed by atoms with Crippen molar-refractivity contribution < 1.29 is 23.8 Å². The zero-order valence-corrected chi connectivity index (χ0v) is 17.2. The molecule has 0 unspecified atom stereocenters. The van der Waals surface area contributed by atoms with Crippen LogP contribution in [0.15, 0.2) is 42.5 Å². The normalized spacial score (nSPS) is 16.9. The van der Waals surface area contributed by atoms with Crippen LogP contribution in [0.4, 0.5) is 5.69 Å². The fourth-order valence-electron chi connectivity index (χ4n) is 2.91. The molecule has 0 aromatic heterocycles. The standard InChI is InChI=1S/C22H24ClNO5/c1-14-19(23)6-3-7-20(14)24-21(25)15(2)29-22(26)16-8-10-17(11-9-16)28-13-18-5-4-12-27-18/h3,6-11,15,18H,4-5,12-13H2,1-2H3,(H,24,25)/t15-,18+/m1/s1. The van der Waals surface area contributed by atoms with Gasteiger partial charge in [0.1, 0.15) is 12.4 Å². The molecule has 2 atom stereocenters. The summed E-state index contributed by atoms with van der Waals surface area (Å²) in [6, 6.07) is 11.8. The Balaban J connectivity index is 1.51. The monoisotopic (exact) mass is 417 g/mol. The summed E-state index contributed by atoms with van der Waals surface area (Å²) in [6.45, 7) is 4.59. The summed E-state index contributed by atoms with van der Waals surface area (Å²) >= 11 is 6.06. The van der Waals surface area contributed by atoms with Gasteiger partial charge in [0.05, 0.1) is 11.7 Å². The van der Waals surface area contributed by atoms with Gasteiger partial charge in [0.15, 0.2) is 6.10 Å². The molecule has 0 saturated carbocycles. The Hall–Kier alpha value is -2.57. The Morgan fingerprint density at radius 1 is 1.24 bits per heavy atom. The maximum Gasteiger partial charge on any atom is 0.338 e. The first-order valence-corrected chi connectivity index (χ1v) is 9.93. The van der Waals surface area contributed by atoms with Gasteiger partial charge < -0.3 is 19.5 Å². The van der Waals surface area contributed by atoms with Crippen LogP contribution in [-0.2, 0) is 14.3 Å². The van der Waals surface area contributed by atoms with Gasteiger partial charge >= 0.3 is 5.97 Å². The second-order valence-corrected chi connectivity index (χ2v) is 7.33. The van der Waals surface area contributed by atoms with Crippen molar-refractivity contribution in [1.29, 1.82) is 0 Å². The molecule has 1 aliphatic rings. The summed E-state index contributed by atoms with van der Waals surface area (Å²) in [6.07, 6.45) is 1.22. The molecule has 3 rings (SSSR count). The summed E-state index contributed by atoms with van der Waals surface area (Å²) < 4.78 is 16.5. The molecule has 6 nitrogen and oxygen atoms in total. The summed E-state index contributed by atoms with van der Waals surface area (Å²) in [7, 11) is 0. The van der Waals surface area contributed by atoms with Gasteiger partial charge in [0, 0.05) is 17.3 Å². The van der Waals surface area contributed by atoms with Crippen LogP contribution in [0.25, 0.3) is 0 Å². The van der Waals surface area contributed by atoms with Crippen molar-refractivity contribution in [1.82, 2.24) is 0 Å². The SMILES string of the molecule is Cc1c(Cl)cccc1NC(=O)[C@@H](C)OC(=O)c1ccc(OC[C@@H]2CCCO2)cc1. The maximum absolute atomic E-state index is 12.3. The first-order valence-electron chi connectivity index (χ1n) is 9.55. The van der Waals surface area contributed by atoms with Crippen molar-refractivity contribution >= 4 is 29.2 Å². The molecular weight excluding hydrogens is 394 g/mol. The number of amides is 1. The number of halogens is 1. The number of hydrogen-bond donors (Lipinski definition) is 1. The lowest BCUT2D eigenvalue weighted by atomic mass is 10.2. The zero-order chi connectivity index (χ0) is 20.8. The van der Waals surface area contributed by atoms with Crippen LogP contribution in [-0.4, -0.2) is 37.3 Å². The molecule has 1 amide bonds. The molecule has 0 radical (unpaired) electrons. The van der Waals surface area contributed by atoms with Gasteiger partial charge in [-0.15, -0.1) is 0 Å². The quantitative estimate of drug-likeness (QED) is 0.676. The van der Waals surface area contributed by atoms with Crippen molar-refractivity contribution in [3.05, 3.63) is 58.6 Å². The second-order valence-electron chi connectivity index (χ2n) is 6.92. The predicted octanol–water partition coefficient (Wildman–Crippen LogP) is 4.39. The van der Waals surface area contributed by atoms with E-state index in [1.54, 1.807) is 49.4 Å². The minimum atomic E-state index is -0.962. The molecule has 1 heterocycles. The van der Waals surface area contributed by atoms with Crippen LogP contribution in [0.2, 0.25) is 5.02 Å². The molecule has 154 valence electrons. The average Bonchev–Trinajstić information content (AvgIpc) is 3.24. The van der Waals surface area contributed by atoms with Crippen molar-refractivity contribution in [2.45, 2.75) is 38.9 Å². The molecule has 0 spiro atoms. The van der Waals surface area contributed by atoms with Gasteiger partial charge in [-0.3, -0.25) is 4.79 Å². The van der Waals surface area contributed by atoms with Crippen LogP contribution in [0, 0.1) is 6.92 Å². The van der Waals surface area contributed by atoms with E-state index in [2.05, 4.69) is 5.32 Å². The number of carbonyl (C=O) groups is 2. The molecule has 1 fully saturated rings. The third-order valence-electron chi connectivity index (χ3n) is 4.73. The Morgan fingerprint density at radius 2 is 2.00 bits per heavy atom. The molecule has 2 aromatic carbocycles. The van der Waals surface area contributed by atoms with E-state index in [1.807, 2.05) is 0 Å². The summed E-state index contributed by atoms with van der Waals surface area (Å²) in [5.41, 5.74) is 1.67. The van der Waals surface area contributed by atoms with Crippen LogP contribution < -0.4 is 10.1 Å². The molecule has 0 aliphatic carbocycles. The highest BCUT2D eigenvalue weighted by atomic mass is 35.5. The van der Waals surface area contributed by atoms with Gasteiger partial charge in [0.25, 0.3) is 5.91 Å². The third-order valence-corrected chi connectivity index (χ3v) is 5.14. The van der Waals surface area contributed by atoms with E-state index in [4.69, 9.17) is 25.8 Å². The van der Waals surface area contributed by atoms with E-state index < -0.39 is 18.0 Å². The topological polar surface area (TPSA) is 73.9 Å². The Labute approximate surface area is 175 Å². The Kier molecular flexibility index (Phi) is 7.12. The molecule has 2 aromatic rings. The van der Waals surface area contributed by atoms with Gasteiger partial charge in [0.2, 0.25) is 0 Å². The van der Waals surface area contributed by atoms with E-state index in [1.165, 1.54) is 6.92 Å². The van der Waals surface area contributed by atoms with Crippen LogP contribution >= 0.6 is 11.6 Å². The van der Waals surface area contributed by atoms with Crippen LogP contribution in [0.3, 0.4) is 0 Å². The van der Waals surface area contributed by atoms with Gasteiger partial charge in [-0.05, 0) is 68.7 Å². The number of nitrogens with one attached hydrogen (secondary N) is 1. The minimum Gasteiger partial charge on any atom is -0.491 e. The smallest absolute Gasteiger partial charge is 0.338 e. The van der Waals surface area contributed by atoms with Crippen molar-refractivity contribution in [3.8, 4) is 5.75 Å². The lowest BCUT2D eigenvalue weighted by Gasteiger charge is -2.15. The van der Waals surface area contributed by atoms with E-state index in [9.17, 15) is 9.59 Å². The highest BCUT2D eigenvalue weighted by Crippen LogP contribution is 2.23. The number of ether oxygens (including phenoxy) is 3. The molecule has 1 N–H and O–H groups in total. The number of esters is 1. The first kappa shape index (κ1) is 21.1. The summed E-state index contributed by atoms with van der Waals surface area (Å²) in [5.74, 6) is -0.361. The number of anilines is 1. The largest absolute Gasteiger partial charge is 0.491 e. The highest BCUT2D eigenvalue weighted by molar-refractivity contribution is 6.31. The van der Waals surface area contributed by atoms with Crippen molar-refractivity contribution in [2.75, 3.05) is 18.5 Å². The van der Waals surface area contributed by atoms with E-state index in [0.717, 1.165) is 25.0 Å². The van der Waals surface area contributed by atoms with E-state index in [0.29, 0.717) is 28.6 Å². The fraction of sp³-hybridized carbons (Fsp3) is 0.364. The van der Waals surface area contributed by atoms with E-state index >= 15 is 0 Å².